The summed E-state index contributed by atoms with van der Waals surface area (Å²) < 4.78 is 5.00. The topological polar surface area (TPSA) is 121 Å². The summed E-state index contributed by atoms with van der Waals surface area (Å²) in [6, 6.07) is 0. The Morgan fingerprint density at radius 3 is 2.83 bits per heavy atom. The molecule has 0 bridgehead atoms. The summed E-state index contributed by atoms with van der Waals surface area (Å²) >= 11 is 0. The van der Waals surface area contributed by atoms with Gasteiger partial charge >= 0.3 is 5.97 Å². The normalized spacial score (nSPS) is 22.7. The Labute approximate surface area is 101 Å². The van der Waals surface area contributed by atoms with Gasteiger partial charge in [0, 0.05) is 19.2 Å². The Hall–Kier alpha value is -2.22. The molecular formula is C10H11N3O5. The first-order valence-corrected chi connectivity index (χ1v) is 5.22. The average Bonchev–Trinajstić information content (AvgIpc) is 2.79. The number of nitrogens with zero attached hydrogens (tertiary/aromatic N) is 1. The van der Waals surface area contributed by atoms with Crippen LogP contribution in [0, 0.1) is 0 Å². The molecule has 1 aliphatic heterocycles. The first kappa shape index (κ1) is 12.2. The maximum absolute atomic E-state index is 11.8. The number of nitrogens with one attached hydrogen (secondary N) is 2. The summed E-state index contributed by atoms with van der Waals surface area (Å²) in [5.41, 5.74) is -1.92. The van der Waals surface area contributed by atoms with Crippen LogP contribution in [0.4, 0.5) is 0 Å². The van der Waals surface area contributed by atoms with Crippen LogP contribution in [-0.4, -0.2) is 45.7 Å². The number of carbonyl (C=O) groups is 2. The molecule has 1 atom stereocenters. The van der Waals surface area contributed by atoms with Crippen molar-refractivity contribution in [1.82, 2.24) is 15.3 Å². The van der Waals surface area contributed by atoms with E-state index in [4.69, 9.17) is 9.84 Å². The molecule has 1 unspecified atom stereocenters. The number of hydrogen-bond donors (Lipinski definition) is 3. The van der Waals surface area contributed by atoms with E-state index in [1.54, 1.807) is 0 Å². The van der Waals surface area contributed by atoms with Gasteiger partial charge in [-0.3, -0.25) is 9.59 Å². The molecule has 2 rings (SSSR count). The summed E-state index contributed by atoms with van der Waals surface area (Å²) in [6.45, 7) is 0.184. The molecule has 0 spiro atoms. The SMILES string of the molecule is O=C(NC1(C(=O)O)CCOC1)c1c[nH]c(=O)cn1. The van der Waals surface area contributed by atoms with Crippen LogP contribution in [0.3, 0.4) is 0 Å². The molecule has 3 N–H and O–H groups in total. The smallest absolute Gasteiger partial charge is 0.331 e. The summed E-state index contributed by atoms with van der Waals surface area (Å²) in [5.74, 6) is -1.82. The van der Waals surface area contributed by atoms with Crippen molar-refractivity contribution in [3.63, 3.8) is 0 Å². The van der Waals surface area contributed by atoms with Gasteiger partial charge in [0.25, 0.3) is 11.5 Å². The molecule has 1 aliphatic rings. The molecule has 0 saturated carbocycles. The lowest BCUT2D eigenvalue weighted by Crippen LogP contribution is -2.55. The number of carboxylic acids is 1. The molecular weight excluding hydrogens is 242 g/mol. The molecule has 8 nitrogen and oxygen atoms in total. The zero-order valence-electron chi connectivity index (χ0n) is 9.30. The molecule has 18 heavy (non-hydrogen) atoms. The number of carboxylic acid groups (broad SMARTS) is 1. The van der Waals surface area contributed by atoms with Crippen molar-refractivity contribution in [3.05, 3.63) is 28.4 Å². The molecule has 8 heteroatoms. The minimum Gasteiger partial charge on any atom is -0.479 e. The van der Waals surface area contributed by atoms with Gasteiger partial charge in [0.05, 0.1) is 12.8 Å². The summed E-state index contributed by atoms with van der Waals surface area (Å²) in [5, 5.41) is 11.5. The van der Waals surface area contributed by atoms with Crippen LogP contribution in [0.5, 0.6) is 0 Å². The second-order valence-electron chi connectivity index (χ2n) is 3.94. The predicted molar refractivity (Wildman–Crippen MR) is 58.1 cm³/mol. The van der Waals surface area contributed by atoms with Gasteiger partial charge in [0.15, 0.2) is 5.54 Å². The highest BCUT2D eigenvalue weighted by atomic mass is 16.5. The standard InChI is InChI=1S/C10H11N3O5/c14-7-4-11-6(3-12-7)8(15)13-10(9(16)17)1-2-18-5-10/h3-4H,1-2,5H2,(H,12,14)(H,13,15)(H,16,17). The fraction of sp³-hybridized carbons (Fsp3) is 0.400. The summed E-state index contributed by atoms with van der Waals surface area (Å²) in [7, 11) is 0. The summed E-state index contributed by atoms with van der Waals surface area (Å²) in [4.78, 5) is 39.7. The third kappa shape index (κ3) is 2.23. The number of H-pyrrole nitrogens is 1. The van der Waals surface area contributed by atoms with Gasteiger partial charge < -0.3 is 20.1 Å². The molecule has 0 radical (unpaired) electrons. The van der Waals surface area contributed by atoms with E-state index in [2.05, 4.69) is 15.3 Å². The quantitative estimate of drug-likeness (QED) is 0.618. The zero-order valence-corrected chi connectivity index (χ0v) is 9.30. The number of ether oxygens (including phenoxy) is 1. The maximum atomic E-state index is 11.8. The maximum Gasteiger partial charge on any atom is 0.331 e. The summed E-state index contributed by atoms with van der Waals surface area (Å²) in [6.07, 6.45) is 2.27. The van der Waals surface area contributed by atoms with Crippen molar-refractivity contribution >= 4 is 11.9 Å². The highest BCUT2D eigenvalue weighted by Gasteiger charge is 2.44. The molecule has 1 aromatic rings. The minimum atomic E-state index is -1.42. The molecule has 1 fully saturated rings. The lowest BCUT2D eigenvalue weighted by molar-refractivity contribution is -0.144. The first-order chi connectivity index (χ1) is 8.53. The number of aromatic nitrogens is 2. The largest absolute Gasteiger partial charge is 0.479 e. The molecule has 0 aromatic carbocycles. The molecule has 1 saturated heterocycles. The molecule has 96 valence electrons. The highest BCUT2D eigenvalue weighted by molar-refractivity contribution is 5.96. The fourth-order valence-corrected chi connectivity index (χ4v) is 1.63. The van der Waals surface area contributed by atoms with Crippen LogP contribution in [0.1, 0.15) is 16.9 Å². The van der Waals surface area contributed by atoms with Crippen LogP contribution in [-0.2, 0) is 9.53 Å². The Kier molecular flexibility index (Phi) is 3.11. The Morgan fingerprint density at radius 2 is 2.33 bits per heavy atom. The zero-order chi connectivity index (χ0) is 13.2. The molecule has 2 heterocycles. The van der Waals surface area contributed by atoms with Crippen molar-refractivity contribution in [3.8, 4) is 0 Å². The third-order valence-corrected chi connectivity index (χ3v) is 2.69. The van der Waals surface area contributed by atoms with Crippen molar-refractivity contribution in [1.29, 1.82) is 0 Å². The Morgan fingerprint density at radius 1 is 1.56 bits per heavy atom. The number of hydrogen-bond acceptors (Lipinski definition) is 5. The van der Waals surface area contributed by atoms with E-state index < -0.39 is 23.0 Å². The van der Waals surface area contributed by atoms with E-state index in [0.29, 0.717) is 0 Å². The lowest BCUT2D eigenvalue weighted by atomic mass is 9.99. The van der Waals surface area contributed by atoms with Gasteiger partial charge in [0.2, 0.25) is 0 Å². The third-order valence-electron chi connectivity index (χ3n) is 2.69. The van der Waals surface area contributed by atoms with Gasteiger partial charge in [-0.25, -0.2) is 9.78 Å². The van der Waals surface area contributed by atoms with Crippen LogP contribution in [0.25, 0.3) is 0 Å². The average molecular weight is 253 g/mol. The first-order valence-electron chi connectivity index (χ1n) is 5.22. The number of carbonyl (C=O) groups excluding carboxylic acids is 1. The van der Waals surface area contributed by atoms with E-state index in [9.17, 15) is 14.4 Å². The minimum absolute atomic E-state index is 0.0536. The van der Waals surface area contributed by atoms with Crippen LogP contribution in [0.2, 0.25) is 0 Å². The van der Waals surface area contributed by atoms with Crippen LogP contribution >= 0.6 is 0 Å². The number of rotatable bonds is 3. The van der Waals surface area contributed by atoms with Gasteiger partial charge in [-0.1, -0.05) is 0 Å². The lowest BCUT2D eigenvalue weighted by Gasteiger charge is -2.23. The van der Waals surface area contributed by atoms with Gasteiger partial charge in [-0.15, -0.1) is 0 Å². The molecule has 1 aromatic heterocycles. The second kappa shape index (κ2) is 4.57. The Bertz CT molecular complexity index is 512. The van der Waals surface area contributed by atoms with E-state index in [-0.39, 0.29) is 25.3 Å². The fourth-order valence-electron chi connectivity index (χ4n) is 1.63. The van der Waals surface area contributed by atoms with Crippen LogP contribution in [0.15, 0.2) is 17.2 Å². The van der Waals surface area contributed by atoms with Crippen molar-refractivity contribution in [2.45, 2.75) is 12.0 Å². The van der Waals surface area contributed by atoms with Gasteiger partial charge in [-0.05, 0) is 0 Å². The van der Waals surface area contributed by atoms with Crippen LogP contribution < -0.4 is 10.9 Å². The van der Waals surface area contributed by atoms with E-state index in [1.165, 1.54) is 0 Å². The second-order valence-corrected chi connectivity index (χ2v) is 3.94. The number of amides is 1. The monoisotopic (exact) mass is 253 g/mol. The highest BCUT2D eigenvalue weighted by Crippen LogP contribution is 2.19. The van der Waals surface area contributed by atoms with E-state index in [0.717, 1.165) is 12.4 Å². The number of aliphatic carboxylic acids is 1. The number of aromatic amines is 1. The van der Waals surface area contributed by atoms with Crippen molar-refractivity contribution < 1.29 is 19.4 Å². The van der Waals surface area contributed by atoms with Crippen molar-refractivity contribution in [2.24, 2.45) is 0 Å². The molecule has 0 aliphatic carbocycles. The Balaban J connectivity index is 2.17. The van der Waals surface area contributed by atoms with Gasteiger partial charge in [-0.2, -0.15) is 0 Å². The van der Waals surface area contributed by atoms with E-state index >= 15 is 0 Å². The predicted octanol–water partition coefficient (Wildman–Crippen LogP) is -1.26. The van der Waals surface area contributed by atoms with Crippen molar-refractivity contribution in [2.75, 3.05) is 13.2 Å². The van der Waals surface area contributed by atoms with Gasteiger partial charge in [0.1, 0.15) is 5.69 Å². The van der Waals surface area contributed by atoms with E-state index in [1.807, 2.05) is 0 Å². The molecule has 1 amide bonds.